The summed E-state index contributed by atoms with van der Waals surface area (Å²) in [6.45, 7) is 0. The number of carbonyl (C=O) groups is 4. The van der Waals surface area contributed by atoms with Crippen LogP contribution in [0.2, 0.25) is 5.02 Å². The van der Waals surface area contributed by atoms with Crippen molar-refractivity contribution in [3.05, 3.63) is 143 Å². The van der Waals surface area contributed by atoms with Crippen LogP contribution in [0, 0.1) is 29.5 Å². The fraction of sp³-hybridized carbons (Fsp3) is 0.190. The Hall–Kier alpha value is -5.82. The molecule has 3 fully saturated rings. The number of phenolic OH excluding ortho intramolecular Hbond substituents is 1. The molecule has 5 aromatic rings. The van der Waals surface area contributed by atoms with Crippen molar-refractivity contribution in [2.45, 2.75) is 24.2 Å². The van der Waals surface area contributed by atoms with Gasteiger partial charge in [-0.05, 0) is 95.2 Å². The maximum Gasteiger partial charge on any atom is 0.488 e. The number of hydrazine groups is 1. The van der Waals surface area contributed by atoms with Crippen molar-refractivity contribution < 1.29 is 38.7 Å². The summed E-state index contributed by atoms with van der Waals surface area (Å²) in [6, 6.07) is 28.6. The molecule has 13 heteroatoms. The molecule has 2 aliphatic heterocycles. The van der Waals surface area contributed by atoms with Crippen molar-refractivity contribution >= 4 is 70.0 Å². The SMILES string of the molecule is O=C1[C@@H]2C[C@@H]3C(=CC[C@@H]4C(=O)N(c5cccc(B(O)O)c5)C(=O)[C@@H]43)[C@H](c3c(O)ccc4ccccc34)[C@]2(c2ccc(Cl)cc2)C(=O)N1Nc1ccc(F)cc1. The molecule has 9 rings (SSSR count). The molecule has 2 heterocycles. The summed E-state index contributed by atoms with van der Waals surface area (Å²) >= 11 is 6.40. The van der Waals surface area contributed by atoms with Gasteiger partial charge in [-0.2, -0.15) is 5.01 Å². The van der Waals surface area contributed by atoms with Crippen LogP contribution in [0.25, 0.3) is 10.8 Å². The van der Waals surface area contributed by atoms with Crippen molar-refractivity contribution in [3.8, 4) is 5.75 Å². The number of aromatic hydroxyl groups is 1. The molecule has 0 unspecified atom stereocenters. The maximum atomic E-state index is 15.5. The third-order valence-electron chi connectivity index (χ3n) is 11.9. The van der Waals surface area contributed by atoms with Gasteiger partial charge in [0.05, 0.1) is 34.5 Å². The van der Waals surface area contributed by atoms with E-state index in [1.165, 1.54) is 42.5 Å². The molecule has 4 amide bonds. The summed E-state index contributed by atoms with van der Waals surface area (Å²) in [7, 11) is -1.82. The summed E-state index contributed by atoms with van der Waals surface area (Å²) in [5.74, 6) is -7.34. The van der Waals surface area contributed by atoms with Gasteiger partial charge in [0.15, 0.2) is 0 Å². The molecule has 2 aliphatic carbocycles. The first-order valence-electron chi connectivity index (χ1n) is 17.9. The fourth-order valence-electron chi connectivity index (χ4n) is 9.64. The Bertz CT molecular complexity index is 2480. The number of nitrogens with zero attached hydrogens (tertiary/aromatic N) is 2. The Morgan fingerprint density at radius 1 is 0.818 bits per heavy atom. The number of allylic oxidation sites excluding steroid dienone is 2. The molecule has 0 bridgehead atoms. The molecule has 10 nitrogen and oxygen atoms in total. The Kier molecular flexibility index (Phi) is 8.19. The summed E-state index contributed by atoms with van der Waals surface area (Å²) < 4.78 is 13.9. The number of anilines is 2. The van der Waals surface area contributed by atoms with Crippen LogP contribution in [0.4, 0.5) is 15.8 Å². The number of carbonyl (C=O) groups excluding carboxylic acids is 4. The van der Waals surface area contributed by atoms with E-state index in [1.54, 1.807) is 42.5 Å². The van der Waals surface area contributed by atoms with Crippen molar-refractivity contribution in [2.75, 3.05) is 10.3 Å². The number of hydrogen-bond acceptors (Lipinski definition) is 8. The number of halogens is 2. The van der Waals surface area contributed by atoms with Crippen LogP contribution in [0.3, 0.4) is 0 Å². The third kappa shape index (κ3) is 5.16. The lowest BCUT2D eigenvalue weighted by Gasteiger charge is -2.51. The number of amides is 4. The standard InChI is InChI=1S/C42H32BClFN3O7/c44-25-11-9-23(10-12-25)42-33(39(51)48(41(42)53)46-27-15-13-26(45)14-16-27)21-32-30(37(42)36-29-7-2-1-4-22(29)8-19-34(36)49)17-18-31-35(32)40(52)47(38(31)50)28-6-3-5-24(20-28)43(54)55/h1-17,19-20,31-33,35,37,46,49,54-55H,18,21H2/t31-,32+,33-,35-,37+,42+/m0/s1. The van der Waals surface area contributed by atoms with Crippen molar-refractivity contribution in [2.24, 2.45) is 23.7 Å². The number of rotatable bonds is 6. The molecule has 274 valence electrons. The highest BCUT2D eigenvalue weighted by Crippen LogP contribution is 2.65. The second-order valence-electron chi connectivity index (χ2n) is 14.6. The Morgan fingerprint density at radius 2 is 1.56 bits per heavy atom. The van der Waals surface area contributed by atoms with Crippen molar-refractivity contribution in [1.82, 2.24) is 5.01 Å². The van der Waals surface area contributed by atoms with Crippen molar-refractivity contribution in [1.29, 1.82) is 0 Å². The molecule has 4 aliphatic rings. The van der Waals surface area contributed by atoms with Crippen molar-refractivity contribution in [3.63, 3.8) is 0 Å². The molecule has 0 radical (unpaired) electrons. The molecular formula is C42H32BClFN3O7. The van der Waals surface area contributed by atoms with Gasteiger partial charge in [0.25, 0.3) is 11.8 Å². The van der Waals surface area contributed by atoms with E-state index in [0.717, 1.165) is 15.3 Å². The normalized spacial score (nSPS) is 25.8. The zero-order valence-corrected chi connectivity index (χ0v) is 29.7. The van der Waals surface area contributed by atoms with Crippen LogP contribution in [-0.4, -0.2) is 50.9 Å². The van der Waals surface area contributed by atoms with E-state index < -0.39 is 71.6 Å². The molecule has 0 spiro atoms. The van der Waals surface area contributed by atoms with Gasteiger partial charge >= 0.3 is 7.12 Å². The minimum atomic E-state index is -1.82. The lowest BCUT2D eigenvalue weighted by atomic mass is 9.48. The van der Waals surface area contributed by atoms with Crippen LogP contribution in [-0.2, 0) is 24.6 Å². The van der Waals surface area contributed by atoms with Crippen LogP contribution < -0.4 is 15.8 Å². The lowest BCUT2D eigenvalue weighted by Crippen LogP contribution is -2.53. The van der Waals surface area contributed by atoms with E-state index in [9.17, 15) is 33.9 Å². The van der Waals surface area contributed by atoms with Crippen LogP contribution in [0.5, 0.6) is 5.75 Å². The van der Waals surface area contributed by atoms with Gasteiger partial charge in [0, 0.05) is 16.5 Å². The second kappa shape index (κ2) is 12.9. The number of nitrogens with one attached hydrogen (secondary N) is 1. The summed E-state index contributed by atoms with van der Waals surface area (Å²) in [5.41, 5.74) is 3.35. The predicted molar refractivity (Wildman–Crippen MR) is 203 cm³/mol. The zero-order valence-electron chi connectivity index (χ0n) is 29.0. The van der Waals surface area contributed by atoms with Crippen LogP contribution >= 0.6 is 11.6 Å². The van der Waals surface area contributed by atoms with Gasteiger partial charge in [-0.15, -0.1) is 0 Å². The lowest BCUT2D eigenvalue weighted by molar-refractivity contribution is -0.138. The Morgan fingerprint density at radius 3 is 2.31 bits per heavy atom. The molecule has 4 N–H and O–H groups in total. The van der Waals surface area contributed by atoms with E-state index in [4.69, 9.17) is 11.6 Å². The number of hydrogen-bond donors (Lipinski definition) is 4. The first-order valence-corrected chi connectivity index (χ1v) is 18.3. The molecule has 5 aromatic carbocycles. The summed E-state index contributed by atoms with van der Waals surface area (Å²) in [6.07, 6.45) is 2.04. The van der Waals surface area contributed by atoms with Gasteiger partial charge < -0.3 is 15.2 Å². The third-order valence-corrected chi connectivity index (χ3v) is 12.2. The van der Waals surface area contributed by atoms with E-state index in [0.29, 0.717) is 27.1 Å². The number of benzene rings is 5. The highest BCUT2D eigenvalue weighted by Gasteiger charge is 2.71. The van der Waals surface area contributed by atoms with Gasteiger partial charge in [-0.3, -0.25) is 29.5 Å². The van der Waals surface area contributed by atoms with Gasteiger partial charge in [0.2, 0.25) is 11.8 Å². The minimum absolute atomic E-state index is 0.00603. The zero-order chi connectivity index (χ0) is 38.3. The molecule has 0 aromatic heterocycles. The average Bonchev–Trinajstić information content (AvgIpc) is 3.57. The van der Waals surface area contributed by atoms with Gasteiger partial charge in [-0.1, -0.05) is 77.8 Å². The molecule has 55 heavy (non-hydrogen) atoms. The summed E-state index contributed by atoms with van der Waals surface area (Å²) in [4.78, 5) is 60.3. The van der Waals surface area contributed by atoms with E-state index >= 15 is 4.79 Å². The van der Waals surface area contributed by atoms with Gasteiger partial charge in [-0.25, -0.2) is 4.39 Å². The quantitative estimate of drug-likeness (QED) is 0.105. The monoisotopic (exact) mass is 755 g/mol. The van der Waals surface area contributed by atoms with E-state index in [2.05, 4.69) is 5.43 Å². The molecule has 1 saturated carbocycles. The number of imide groups is 2. The average molecular weight is 756 g/mol. The highest BCUT2D eigenvalue weighted by atomic mass is 35.5. The number of fused-ring (bicyclic) bond motifs is 5. The van der Waals surface area contributed by atoms with Crippen LogP contribution in [0.15, 0.2) is 121 Å². The Balaban J connectivity index is 1.27. The number of phenols is 1. The Labute approximate surface area is 319 Å². The van der Waals surface area contributed by atoms with E-state index in [-0.39, 0.29) is 35.4 Å². The molecular weight excluding hydrogens is 724 g/mol. The van der Waals surface area contributed by atoms with Gasteiger partial charge in [0.1, 0.15) is 11.6 Å². The minimum Gasteiger partial charge on any atom is -0.508 e. The maximum absolute atomic E-state index is 15.5. The topological polar surface area (TPSA) is 147 Å². The second-order valence-corrected chi connectivity index (χ2v) is 15.0. The highest BCUT2D eigenvalue weighted by molar-refractivity contribution is 6.58. The first kappa shape index (κ1) is 34.9. The molecule has 6 atom stereocenters. The first-order chi connectivity index (χ1) is 26.5. The predicted octanol–water partition coefficient (Wildman–Crippen LogP) is 5.21. The van der Waals surface area contributed by atoms with E-state index in [1.807, 2.05) is 30.3 Å². The van der Waals surface area contributed by atoms with Crippen LogP contribution in [0.1, 0.15) is 29.9 Å². The molecule has 2 saturated heterocycles. The fourth-order valence-corrected chi connectivity index (χ4v) is 9.76. The smallest absolute Gasteiger partial charge is 0.488 e. The largest absolute Gasteiger partial charge is 0.508 e. The summed E-state index contributed by atoms with van der Waals surface area (Å²) in [5, 5.41) is 34.4.